The first-order valence-electron chi connectivity index (χ1n) is 2.86. The Hall–Kier alpha value is -0.0500. The summed E-state index contributed by atoms with van der Waals surface area (Å²) in [6.07, 6.45) is 0. The van der Waals surface area contributed by atoms with Crippen LogP contribution in [0.5, 0.6) is 0 Å². The summed E-state index contributed by atoms with van der Waals surface area (Å²) in [4.78, 5) is 4.72. The Balaban J connectivity index is 0.000000810. The number of alkyl halides is 2. The Morgan fingerprint density at radius 1 is 1.00 bits per heavy atom. The van der Waals surface area contributed by atoms with Crippen molar-refractivity contribution in [1.29, 1.82) is 0 Å². The molecular weight excluding hydrogens is 235 g/mol. The standard InChI is InChI=1S/C8H11I.CH4/c1-9(2)8-6-4-3-5-7-8;/h3-7H,1-2H3;1H4. The van der Waals surface area contributed by atoms with Crippen molar-refractivity contribution in [2.75, 3.05) is 9.86 Å². The molecule has 0 bridgehead atoms. The maximum atomic E-state index is 2.36. The monoisotopic (exact) mass is 250 g/mol. The molecule has 0 aliphatic heterocycles. The van der Waals surface area contributed by atoms with Crippen LogP contribution in [0.2, 0.25) is 0 Å². The molecule has 0 fully saturated rings. The molecule has 0 saturated carbocycles. The van der Waals surface area contributed by atoms with Crippen LogP contribution in [-0.2, 0) is 0 Å². The quantitative estimate of drug-likeness (QED) is 0.530. The number of hydrogen-bond acceptors (Lipinski definition) is 0. The van der Waals surface area contributed by atoms with Crippen LogP contribution < -0.4 is 0 Å². The molecule has 0 aromatic heterocycles. The Kier molecular flexibility index (Phi) is 4.69. The summed E-state index contributed by atoms with van der Waals surface area (Å²) in [6.45, 7) is 0. The summed E-state index contributed by atoms with van der Waals surface area (Å²) in [6, 6.07) is 10.8. The van der Waals surface area contributed by atoms with E-state index in [0.717, 1.165) is 0 Å². The topological polar surface area (TPSA) is 0 Å². The molecule has 58 valence electrons. The van der Waals surface area contributed by atoms with Gasteiger partial charge >= 0.3 is 63.6 Å². The van der Waals surface area contributed by atoms with Gasteiger partial charge in [-0.2, -0.15) is 0 Å². The van der Waals surface area contributed by atoms with Crippen LogP contribution >= 0.6 is 19.8 Å². The molecule has 0 amide bonds. The second kappa shape index (κ2) is 4.72. The van der Waals surface area contributed by atoms with Gasteiger partial charge in [0.15, 0.2) is 0 Å². The SMILES string of the molecule is C.CI(C)c1ccccc1. The van der Waals surface area contributed by atoms with Crippen LogP contribution in [0.3, 0.4) is 0 Å². The minimum atomic E-state index is -0.681. The summed E-state index contributed by atoms with van der Waals surface area (Å²) >= 11 is -0.681. The third-order valence-corrected chi connectivity index (χ3v) is 4.38. The number of halogens is 1. The van der Waals surface area contributed by atoms with Gasteiger partial charge in [0.25, 0.3) is 0 Å². The zero-order chi connectivity index (χ0) is 6.69. The van der Waals surface area contributed by atoms with Crippen molar-refractivity contribution >= 4 is 19.8 Å². The van der Waals surface area contributed by atoms with E-state index in [2.05, 4.69) is 40.2 Å². The molecule has 0 radical (unpaired) electrons. The van der Waals surface area contributed by atoms with Gasteiger partial charge in [-0.05, 0) is 0 Å². The van der Waals surface area contributed by atoms with Crippen LogP contribution in [0.1, 0.15) is 7.43 Å². The summed E-state index contributed by atoms with van der Waals surface area (Å²) in [5, 5.41) is 0. The summed E-state index contributed by atoms with van der Waals surface area (Å²) < 4.78 is 1.57. The third kappa shape index (κ3) is 2.69. The van der Waals surface area contributed by atoms with Crippen LogP contribution in [0.15, 0.2) is 30.3 Å². The fourth-order valence-corrected chi connectivity index (χ4v) is 2.52. The van der Waals surface area contributed by atoms with Crippen molar-refractivity contribution in [2.24, 2.45) is 0 Å². The molecule has 10 heavy (non-hydrogen) atoms. The molecule has 0 saturated heterocycles. The molecule has 0 N–H and O–H groups in total. The molecular formula is C9H15I. The molecule has 0 heterocycles. The van der Waals surface area contributed by atoms with Gasteiger partial charge in [-0.15, -0.1) is 0 Å². The second-order valence-corrected chi connectivity index (χ2v) is 7.61. The van der Waals surface area contributed by atoms with E-state index in [0.29, 0.717) is 0 Å². The fourth-order valence-electron chi connectivity index (χ4n) is 0.667. The zero-order valence-electron chi connectivity index (χ0n) is 5.76. The molecule has 0 atom stereocenters. The van der Waals surface area contributed by atoms with Crippen molar-refractivity contribution in [3.8, 4) is 0 Å². The first-order valence-corrected chi connectivity index (χ1v) is 8.25. The van der Waals surface area contributed by atoms with Crippen molar-refractivity contribution in [2.45, 2.75) is 7.43 Å². The molecule has 0 aliphatic rings. The first-order chi connectivity index (χ1) is 4.30. The average Bonchev–Trinajstić information content (AvgIpc) is 1.90. The van der Waals surface area contributed by atoms with Crippen molar-refractivity contribution in [3.05, 3.63) is 33.9 Å². The Morgan fingerprint density at radius 2 is 1.50 bits per heavy atom. The van der Waals surface area contributed by atoms with Crippen molar-refractivity contribution in [3.63, 3.8) is 0 Å². The fraction of sp³-hybridized carbons (Fsp3) is 0.333. The van der Waals surface area contributed by atoms with Gasteiger partial charge in [-0.25, -0.2) is 0 Å². The van der Waals surface area contributed by atoms with Gasteiger partial charge in [0.2, 0.25) is 0 Å². The molecule has 0 nitrogen and oxygen atoms in total. The van der Waals surface area contributed by atoms with E-state index < -0.39 is 19.8 Å². The molecule has 0 unspecified atom stereocenters. The normalized spacial score (nSPS) is 10.0. The zero-order valence-corrected chi connectivity index (χ0v) is 7.92. The van der Waals surface area contributed by atoms with E-state index in [4.69, 9.17) is 0 Å². The van der Waals surface area contributed by atoms with Crippen molar-refractivity contribution < 1.29 is 0 Å². The van der Waals surface area contributed by atoms with E-state index in [1.807, 2.05) is 0 Å². The molecule has 0 spiro atoms. The Bertz CT molecular complexity index is 167. The maximum absolute atomic E-state index is 2.36. The van der Waals surface area contributed by atoms with Gasteiger partial charge < -0.3 is 0 Å². The molecule has 1 rings (SSSR count). The summed E-state index contributed by atoms with van der Waals surface area (Å²) in [5.41, 5.74) is 0. The summed E-state index contributed by atoms with van der Waals surface area (Å²) in [5.74, 6) is 0. The Labute approximate surface area is 71.0 Å². The number of hydrogen-bond donors (Lipinski definition) is 0. The van der Waals surface area contributed by atoms with Crippen LogP contribution in [0.25, 0.3) is 0 Å². The minimum absolute atomic E-state index is 0. The first kappa shape index (κ1) is 9.95. The molecule has 1 heteroatoms. The van der Waals surface area contributed by atoms with E-state index in [1.54, 1.807) is 3.57 Å². The van der Waals surface area contributed by atoms with Gasteiger partial charge in [-0.3, -0.25) is 0 Å². The molecule has 1 aromatic carbocycles. The molecule has 0 aliphatic carbocycles. The van der Waals surface area contributed by atoms with E-state index >= 15 is 0 Å². The predicted molar refractivity (Wildman–Crippen MR) is 57.7 cm³/mol. The van der Waals surface area contributed by atoms with Gasteiger partial charge in [0.1, 0.15) is 0 Å². The number of benzene rings is 1. The van der Waals surface area contributed by atoms with Crippen LogP contribution in [-0.4, -0.2) is 9.86 Å². The van der Waals surface area contributed by atoms with Gasteiger partial charge in [-0.1, -0.05) is 7.43 Å². The van der Waals surface area contributed by atoms with E-state index in [1.165, 1.54) is 0 Å². The van der Waals surface area contributed by atoms with Gasteiger partial charge in [0.05, 0.1) is 0 Å². The second-order valence-electron chi connectivity index (χ2n) is 2.05. The average molecular weight is 250 g/mol. The van der Waals surface area contributed by atoms with Crippen LogP contribution in [0.4, 0.5) is 0 Å². The number of rotatable bonds is 1. The van der Waals surface area contributed by atoms with Crippen LogP contribution in [0, 0.1) is 3.57 Å². The van der Waals surface area contributed by atoms with E-state index in [-0.39, 0.29) is 7.43 Å². The van der Waals surface area contributed by atoms with E-state index in [9.17, 15) is 0 Å². The van der Waals surface area contributed by atoms with Crippen molar-refractivity contribution in [1.82, 2.24) is 0 Å². The van der Waals surface area contributed by atoms with Gasteiger partial charge in [0, 0.05) is 0 Å². The summed E-state index contributed by atoms with van der Waals surface area (Å²) in [7, 11) is 0. The Morgan fingerprint density at radius 3 is 1.80 bits per heavy atom. The third-order valence-electron chi connectivity index (χ3n) is 1.17. The molecule has 1 aromatic rings. The predicted octanol–water partition coefficient (Wildman–Crippen LogP) is 3.26.